The standard InChI is InChI=1S/C30H39N3O3.ClH/c1-4-35-27-18-23-24(19-28(27)36-5-2)29(31-26-14-17-32(3)20-25(23)26)21-10-12-22(13-11-21)30(34)33-15-8-6-7-9-16-33;/h10-13,18-19,25-26H,4-9,14-17,20H2,1-3H3;1H/t25-,26-;/m1./s1. The molecule has 0 aliphatic carbocycles. The minimum absolute atomic E-state index is 0. The van der Waals surface area contributed by atoms with Gasteiger partial charge in [0.05, 0.1) is 25.0 Å². The highest BCUT2D eigenvalue weighted by Gasteiger charge is 2.36. The molecule has 3 aliphatic rings. The molecule has 5 rings (SSSR count). The molecule has 0 N–H and O–H groups in total. The van der Waals surface area contributed by atoms with Crippen molar-refractivity contribution in [2.75, 3.05) is 46.4 Å². The van der Waals surface area contributed by atoms with Crippen molar-refractivity contribution in [3.05, 3.63) is 58.7 Å². The molecule has 0 radical (unpaired) electrons. The lowest BCUT2D eigenvalue weighted by Crippen LogP contribution is -2.41. The lowest BCUT2D eigenvalue weighted by Gasteiger charge is -2.39. The molecule has 6 nitrogen and oxygen atoms in total. The number of carbonyl (C=O) groups is 1. The predicted molar refractivity (Wildman–Crippen MR) is 151 cm³/mol. The van der Waals surface area contributed by atoms with Crippen LogP contribution in [0.5, 0.6) is 11.5 Å². The van der Waals surface area contributed by atoms with Gasteiger partial charge in [-0.05, 0) is 76.5 Å². The second-order valence-corrected chi connectivity index (χ2v) is 10.2. The van der Waals surface area contributed by atoms with Crippen molar-refractivity contribution >= 4 is 24.0 Å². The Morgan fingerprint density at radius 2 is 1.59 bits per heavy atom. The average Bonchev–Trinajstić information content (AvgIpc) is 3.19. The molecule has 2 fully saturated rings. The molecule has 3 aliphatic heterocycles. The first-order valence-corrected chi connectivity index (χ1v) is 13.7. The molecular weight excluding hydrogens is 486 g/mol. The van der Waals surface area contributed by atoms with Crippen molar-refractivity contribution in [2.24, 2.45) is 4.99 Å². The Morgan fingerprint density at radius 1 is 0.946 bits per heavy atom. The van der Waals surface area contributed by atoms with Gasteiger partial charge < -0.3 is 19.3 Å². The van der Waals surface area contributed by atoms with Crippen molar-refractivity contribution in [2.45, 2.75) is 57.9 Å². The average molecular weight is 526 g/mol. The van der Waals surface area contributed by atoms with Crippen LogP contribution < -0.4 is 9.47 Å². The van der Waals surface area contributed by atoms with Crippen molar-refractivity contribution in [3.8, 4) is 11.5 Å². The van der Waals surface area contributed by atoms with E-state index in [9.17, 15) is 4.79 Å². The molecular formula is C30H40ClN3O3. The Labute approximate surface area is 227 Å². The fourth-order valence-corrected chi connectivity index (χ4v) is 5.88. The quantitative estimate of drug-likeness (QED) is 0.495. The van der Waals surface area contributed by atoms with Crippen LogP contribution in [0.2, 0.25) is 0 Å². The monoisotopic (exact) mass is 525 g/mol. The molecule has 0 bridgehead atoms. The van der Waals surface area contributed by atoms with Crippen LogP contribution in [0.1, 0.15) is 78.9 Å². The summed E-state index contributed by atoms with van der Waals surface area (Å²) >= 11 is 0. The highest BCUT2D eigenvalue weighted by Crippen LogP contribution is 2.42. The number of fused-ring (bicyclic) bond motifs is 3. The van der Waals surface area contributed by atoms with Crippen LogP contribution >= 0.6 is 12.4 Å². The highest BCUT2D eigenvalue weighted by molar-refractivity contribution is 6.15. The van der Waals surface area contributed by atoms with Crippen molar-refractivity contribution < 1.29 is 14.3 Å². The first-order chi connectivity index (χ1) is 17.6. The zero-order valence-electron chi connectivity index (χ0n) is 22.4. The maximum Gasteiger partial charge on any atom is 0.253 e. The van der Waals surface area contributed by atoms with Crippen molar-refractivity contribution in [1.82, 2.24) is 9.80 Å². The summed E-state index contributed by atoms with van der Waals surface area (Å²) in [7, 11) is 2.19. The second kappa shape index (κ2) is 12.3. The Hall–Kier alpha value is -2.57. The number of likely N-dealkylation sites (tertiary alicyclic amines) is 2. The predicted octanol–water partition coefficient (Wildman–Crippen LogP) is 5.56. The summed E-state index contributed by atoms with van der Waals surface area (Å²) in [4.78, 5) is 22.8. The third kappa shape index (κ3) is 5.80. The summed E-state index contributed by atoms with van der Waals surface area (Å²) in [6, 6.07) is 12.6. The zero-order valence-corrected chi connectivity index (χ0v) is 23.2. The van der Waals surface area contributed by atoms with Crippen LogP contribution in [0.4, 0.5) is 0 Å². The number of amides is 1. The fraction of sp³-hybridized carbons (Fsp3) is 0.533. The Morgan fingerprint density at radius 3 is 2.24 bits per heavy atom. The SMILES string of the molecule is CCOc1cc2c(cc1OCC)[C@H]1CN(C)CC[C@H]1N=C2c1ccc(C(=O)N2CCCCCC2)cc1.Cl. The van der Waals surface area contributed by atoms with E-state index >= 15 is 0 Å². The third-order valence-electron chi connectivity index (χ3n) is 7.74. The van der Waals surface area contributed by atoms with Gasteiger partial charge in [-0.2, -0.15) is 0 Å². The van der Waals surface area contributed by atoms with E-state index in [0.717, 1.165) is 79.3 Å². The molecule has 2 aromatic rings. The Bertz CT molecular complexity index is 1110. The molecule has 2 saturated heterocycles. The fourth-order valence-electron chi connectivity index (χ4n) is 5.88. The minimum Gasteiger partial charge on any atom is -0.490 e. The van der Waals surface area contributed by atoms with Crippen LogP contribution in [0.3, 0.4) is 0 Å². The number of hydrogen-bond donors (Lipinski definition) is 0. The van der Waals surface area contributed by atoms with Gasteiger partial charge in [-0.3, -0.25) is 9.79 Å². The van der Waals surface area contributed by atoms with Gasteiger partial charge in [-0.1, -0.05) is 25.0 Å². The van der Waals surface area contributed by atoms with Gasteiger partial charge in [-0.15, -0.1) is 12.4 Å². The van der Waals surface area contributed by atoms with Crippen LogP contribution in [-0.4, -0.2) is 73.9 Å². The number of rotatable bonds is 6. The van der Waals surface area contributed by atoms with Gasteiger partial charge in [0.15, 0.2) is 11.5 Å². The number of nitrogens with zero attached hydrogens (tertiary/aromatic N) is 3. The van der Waals surface area contributed by atoms with E-state index in [-0.39, 0.29) is 24.4 Å². The largest absolute Gasteiger partial charge is 0.490 e. The number of aliphatic imine (C=N–C) groups is 1. The number of benzene rings is 2. The van der Waals surface area contributed by atoms with E-state index in [1.165, 1.54) is 18.4 Å². The first kappa shape index (κ1) is 27.5. The topological polar surface area (TPSA) is 54.4 Å². The van der Waals surface area contributed by atoms with Gasteiger partial charge in [0.2, 0.25) is 0 Å². The van der Waals surface area contributed by atoms with Gasteiger partial charge >= 0.3 is 0 Å². The molecule has 2 atom stereocenters. The normalized spacial score (nSPS) is 21.6. The molecule has 0 aromatic heterocycles. The summed E-state index contributed by atoms with van der Waals surface area (Å²) < 4.78 is 12.0. The zero-order chi connectivity index (χ0) is 25.1. The summed E-state index contributed by atoms with van der Waals surface area (Å²) in [5.74, 6) is 2.05. The molecule has 0 saturated carbocycles. The van der Waals surface area contributed by atoms with Crippen molar-refractivity contribution in [1.29, 1.82) is 0 Å². The Balaban J connectivity index is 0.00000320. The van der Waals surface area contributed by atoms with E-state index in [2.05, 4.69) is 36.2 Å². The summed E-state index contributed by atoms with van der Waals surface area (Å²) in [6.07, 6.45) is 5.66. The smallest absolute Gasteiger partial charge is 0.253 e. The number of carbonyl (C=O) groups excluding carboxylic acids is 1. The van der Waals surface area contributed by atoms with E-state index in [1.807, 2.05) is 30.9 Å². The van der Waals surface area contributed by atoms with Gasteiger partial charge in [0, 0.05) is 42.2 Å². The van der Waals surface area contributed by atoms with Crippen LogP contribution in [-0.2, 0) is 0 Å². The second-order valence-electron chi connectivity index (χ2n) is 10.2. The Kier molecular flexibility index (Phi) is 9.14. The molecule has 3 heterocycles. The number of likely N-dealkylation sites (N-methyl/N-ethyl adjacent to an activating group) is 1. The van der Waals surface area contributed by atoms with E-state index in [1.54, 1.807) is 0 Å². The minimum atomic E-state index is 0. The van der Waals surface area contributed by atoms with Crippen LogP contribution in [0.25, 0.3) is 0 Å². The molecule has 200 valence electrons. The van der Waals surface area contributed by atoms with Crippen LogP contribution in [0.15, 0.2) is 41.4 Å². The maximum atomic E-state index is 13.1. The number of halogens is 1. The van der Waals surface area contributed by atoms with Gasteiger partial charge in [0.25, 0.3) is 5.91 Å². The number of hydrogen-bond acceptors (Lipinski definition) is 5. The lowest BCUT2D eigenvalue weighted by molar-refractivity contribution is 0.0761. The van der Waals surface area contributed by atoms with E-state index < -0.39 is 0 Å². The first-order valence-electron chi connectivity index (χ1n) is 13.7. The molecule has 1 amide bonds. The maximum absolute atomic E-state index is 13.1. The molecule has 37 heavy (non-hydrogen) atoms. The third-order valence-corrected chi connectivity index (χ3v) is 7.74. The summed E-state index contributed by atoms with van der Waals surface area (Å²) in [6.45, 7) is 8.93. The van der Waals surface area contributed by atoms with Gasteiger partial charge in [0.1, 0.15) is 0 Å². The summed E-state index contributed by atoms with van der Waals surface area (Å²) in [5.41, 5.74) is 5.20. The van der Waals surface area contributed by atoms with Gasteiger partial charge in [-0.25, -0.2) is 0 Å². The number of ether oxygens (including phenoxy) is 2. The molecule has 0 spiro atoms. The number of piperidine rings is 1. The molecule has 7 heteroatoms. The lowest BCUT2D eigenvalue weighted by atomic mass is 9.79. The van der Waals surface area contributed by atoms with E-state index in [0.29, 0.717) is 19.1 Å². The van der Waals surface area contributed by atoms with Crippen LogP contribution in [0, 0.1) is 0 Å². The summed E-state index contributed by atoms with van der Waals surface area (Å²) in [5, 5.41) is 0. The molecule has 0 unspecified atom stereocenters. The van der Waals surface area contributed by atoms with E-state index in [4.69, 9.17) is 14.5 Å². The van der Waals surface area contributed by atoms with Crippen molar-refractivity contribution in [3.63, 3.8) is 0 Å². The molecule has 2 aromatic carbocycles. The highest BCUT2D eigenvalue weighted by atomic mass is 35.5.